The molecule has 0 bridgehead atoms. The molecule has 0 fully saturated rings. The molecule has 8 nitrogen and oxygen atoms in total. The number of non-ortho nitro benzene ring substituents is 1. The van der Waals surface area contributed by atoms with Gasteiger partial charge in [-0.3, -0.25) is 10.1 Å². The summed E-state index contributed by atoms with van der Waals surface area (Å²) in [5.41, 5.74) is 1.50. The molecule has 0 saturated heterocycles. The first-order valence-electron chi connectivity index (χ1n) is 8.01. The highest BCUT2D eigenvalue weighted by molar-refractivity contribution is 7.89. The van der Waals surface area contributed by atoms with Crippen molar-refractivity contribution < 1.29 is 13.3 Å². The molecule has 26 heavy (non-hydrogen) atoms. The first kappa shape index (κ1) is 19.4. The van der Waals surface area contributed by atoms with E-state index >= 15 is 0 Å². The van der Waals surface area contributed by atoms with E-state index in [2.05, 4.69) is 28.7 Å². The summed E-state index contributed by atoms with van der Waals surface area (Å²) in [4.78, 5) is 14.1. The Bertz CT molecular complexity index is 891. The molecule has 0 aliphatic heterocycles. The van der Waals surface area contributed by atoms with Gasteiger partial charge in [-0.2, -0.15) is 13.5 Å². The number of nitrogens with one attached hydrogen (secondary N) is 1. The molecular weight excluding hydrogens is 356 g/mol. The van der Waals surface area contributed by atoms with Crippen LogP contribution in [0, 0.1) is 10.1 Å². The monoisotopic (exact) mass is 376 g/mol. The SMILES string of the molecule is CCN(CC)c1ccc(/C=N\NS(=O)(=O)c2cccc([N+](=O)[O-])c2)cc1. The van der Waals surface area contributed by atoms with Gasteiger partial charge in [0.05, 0.1) is 16.0 Å². The molecule has 0 spiro atoms. The number of sulfonamides is 1. The van der Waals surface area contributed by atoms with E-state index in [0.29, 0.717) is 0 Å². The van der Waals surface area contributed by atoms with E-state index in [1.807, 2.05) is 24.3 Å². The number of benzene rings is 2. The maximum Gasteiger partial charge on any atom is 0.276 e. The van der Waals surface area contributed by atoms with Crippen molar-refractivity contribution in [2.24, 2.45) is 5.10 Å². The summed E-state index contributed by atoms with van der Waals surface area (Å²) in [6.07, 6.45) is 1.38. The number of rotatable bonds is 8. The lowest BCUT2D eigenvalue weighted by Gasteiger charge is -2.20. The van der Waals surface area contributed by atoms with E-state index in [0.717, 1.165) is 30.4 Å². The Morgan fingerprint density at radius 3 is 2.38 bits per heavy atom. The highest BCUT2D eigenvalue weighted by Crippen LogP contribution is 2.17. The molecule has 0 unspecified atom stereocenters. The zero-order valence-electron chi connectivity index (χ0n) is 14.5. The molecule has 138 valence electrons. The van der Waals surface area contributed by atoms with Crippen LogP contribution in [-0.4, -0.2) is 32.6 Å². The molecule has 0 aliphatic carbocycles. The maximum atomic E-state index is 12.2. The lowest BCUT2D eigenvalue weighted by atomic mass is 10.2. The summed E-state index contributed by atoms with van der Waals surface area (Å²) in [6, 6.07) is 12.3. The van der Waals surface area contributed by atoms with Crippen LogP contribution in [0.1, 0.15) is 19.4 Å². The molecular formula is C17H20N4O4S. The van der Waals surface area contributed by atoms with E-state index < -0.39 is 14.9 Å². The van der Waals surface area contributed by atoms with Gasteiger partial charge < -0.3 is 4.90 Å². The Morgan fingerprint density at radius 2 is 1.81 bits per heavy atom. The average Bonchev–Trinajstić information content (AvgIpc) is 2.64. The average molecular weight is 376 g/mol. The van der Waals surface area contributed by atoms with Crippen LogP contribution in [0.5, 0.6) is 0 Å². The van der Waals surface area contributed by atoms with Crippen LogP contribution in [-0.2, 0) is 10.0 Å². The van der Waals surface area contributed by atoms with Gasteiger partial charge in [-0.1, -0.05) is 18.2 Å². The van der Waals surface area contributed by atoms with E-state index in [1.54, 1.807) is 0 Å². The molecule has 0 aromatic heterocycles. The predicted octanol–water partition coefficient (Wildman–Crippen LogP) is 2.75. The van der Waals surface area contributed by atoms with Gasteiger partial charge >= 0.3 is 0 Å². The fraction of sp³-hybridized carbons (Fsp3) is 0.235. The van der Waals surface area contributed by atoms with Gasteiger partial charge in [0.15, 0.2) is 0 Å². The van der Waals surface area contributed by atoms with E-state index in [1.165, 1.54) is 24.4 Å². The number of nitrogens with zero attached hydrogens (tertiary/aromatic N) is 3. The lowest BCUT2D eigenvalue weighted by Crippen LogP contribution is -2.21. The van der Waals surface area contributed by atoms with Crippen LogP contribution < -0.4 is 9.73 Å². The number of anilines is 1. The molecule has 2 aromatic rings. The lowest BCUT2D eigenvalue weighted by molar-refractivity contribution is -0.385. The van der Waals surface area contributed by atoms with Gasteiger partial charge in [0.2, 0.25) is 0 Å². The molecule has 0 heterocycles. The van der Waals surface area contributed by atoms with E-state index in [-0.39, 0.29) is 10.6 Å². The second-order valence-corrected chi connectivity index (χ2v) is 7.03. The minimum atomic E-state index is -3.98. The predicted molar refractivity (Wildman–Crippen MR) is 101 cm³/mol. The standard InChI is InChI=1S/C17H20N4O4S/c1-3-20(4-2)15-10-8-14(9-11-15)13-18-19-26(24,25)17-7-5-6-16(12-17)21(22)23/h5-13,19H,3-4H2,1-2H3/b18-13-. The number of nitro benzene ring substituents is 1. The maximum absolute atomic E-state index is 12.2. The van der Waals surface area contributed by atoms with Crippen molar-refractivity contribution in [3.63, 3.8) is 0 Å². The van der Waals surface area contributed by atoms with Crippen LogP contribution in [0.4, 0.5) is 11.4 Å². The van der Waals surface area contributed by atoms with Crippen LogP contribution in [0.3, 0.4) is 0 Å². The van der Waals surface area contributed by atoms with Gasteiger partial charge in [-0.25, -0.2) is 4.83 Å². The first-order chi connectivity index (χ1) is 12.4. The summed E-state index contributed by atoms with van der Waals surface area (Å²) in [7, 11) is -3.98. The number of hydrazone groups is 1. The number of hydrogen-bond donors (Lipinski definition) is 1. The minimum Gasteiger partial charge on any atom is -0.372 e. The largest absolute Gasteiger partial charge is 0.372 e. The Hall–Kier alpha value is -2.94. The Labute approximate surface area is 152 Å². The van der Waals surface area contributed by atoms with E-state index in [4.69, 9.17) is 0 Å². The fourth-order valence-electron chi connectivity index (χ4n) is 2.35. The van der Waals surface area contributed by atoms with Crippen LogP contribution in [0.15, 0.2) is 58.5 Å². The van der Waals surface area contributed by atoms with Crippen LogP contribution in [0.2, 0.25) is 0 Å². The molecule has 0 aliphatic rings. The molecule has 0 radical (unpaired) electrons. The highest BCUT2D eigenvalue weighted by Gasteiger charge is 2.16. The third-order valence-electron chi connectivity index (χ3n) is 3.75. The van der Waals surface area contributed by atoms with Crippen LogP contribution in [0.25, 0.3) is 0 Å². The molecule has 1 N–H and O–H groups in total. The molecule has 0 atom stereocenters. The second kappa shape index (κ2) is 8.43. The summed E-state index contributed by atoms with van der Waals surface area (Å²) in [5, 5.41) is 14.5. The van der Waals surface area contributed by atoms with Gasteiger partial charge in [-0.05, 0) is 37.6 Å². The quantitative estimate of drug-likeness (QED) is 0.433. The van der Waals surface area contributed by atoms with Crippen molar-refractivity contribution in [1.82, 2.24) is 4.83 Å². The normalized spacial score (nSPS) is 11.5. The van der Waals surface area contributed by atoms with Crippen molar-refractivity contribution in [1.29, 1.82) is 0 Å². The fourth-order valence-corrected chi connectivity index (χ4v) is 3.18. The summed E-state index contributed by atoms with van der Waals surface area (Å²) < 4.78 is 24.3. The molecule has 0 amide bonds. The number of hydrogen-bond acceptors (Lipinski definition) is 6. The van der Waals surface area contributed by atoms with Crippen molar-refractivity contribution in [3.8, 4) is 0 Å². The zero-order valence-corrected chi connectivity index (χ0v) is 15.3. The highest BCUT2D eigenvalue weighted by atomic mass is 32.2. The topological polar surface area (TPSA) is 105 Å². The van der Waals surface area contributed by atoms with Gasteiger partial charge in [-0.15, -0.1) is 0 Å². The minimum absolute atomic E-state index is 0.222. The van der Waals surface area contributed by atoms with Crippen LogP contribution >= 0.6 is 0 Å². The second-order valence-electron chi connectivity index (χ2n) is 5.37. The molecule has 2 aromatic carbocycles. The molecule has 0 saturated carbocycles. The van der Waals surface area contributed by atoms with Gasteiger partial charge in [0, 0.05) is 30.9 Å². The van der Waals surface area contributed by atoms with Crippen molar-refractivity contribution in [3.05, 3.63) is 64.2 Å². The summed E-state index contributed by atoms with van der Waals surface area (Å²) >= 11 is 0. The Morgan fingerprint density at radius 1 is 1.15 bits per heavy atom. The van der Waals surface area contributed by atoms with Crippen molar-refractivity contribution in [2.45, 2.75) is 18.7 Å². The Balaban J connectivity index is 2.09. The molecule has 9 heteroatoms. The number of nitro groups is 1. The van der Waals surface area contributed by atoms with E-state index in [9.17, 15) is 18.5 Å². The smallest absolute Gasteiger partial charge is 0.276 e. The van der Waals surface area contributed by atoms with Gasteiger partial charge in [0.25, 0.3) is 15.7 Å². The zero-order chi connectivity index (χ0) is 19.2. The van der Waals surface area contributed by atoms with Crippen molar-refractivity contribution in [2.75, 3.05) is 18.0 Å². The first-order valence-corrected chi connectivity index (χ1v) is 9.50. The summed E-state index contributed by atoms with van der Waals surface area (Å²) in [5.74, 6) is 0. The molecule has 2 rings (SSSR count). The third kappa shape index (κ3) is 4.79. The van der Waals surface area contributed by atoms with Gasteiger partial charge in [0.1, 0.15) is 0 Å². The summed E-state index contributed by atoms with van der Waals surface area (Å²) in [6.45, 7) is 5.93. The Kier molecular flexibility index (Phi) is 6.29. The van der Waals surface area contributed by atoms with Crippen molar-refractivity contribution >= 4 is 27.6 Å². The third-order valence-corrected chi connectivity index (χ3v) is 4.97.